The van der Waals surface area contributed by atoms with E-state index in [1.807, 2.05) is 13.8 Å². The third-order valence-electron chi connectivity index (χ3n) is 3.03. The highest BCUT2D eigenvalue weighted by Gasteiger charge is 2.27. The summed E-state index contributed by atoms with van der Waals surface area (Å²) >= 11 is 0. The Morgan fingerprint density at radius 1 is 1.64 bits per heavy atom. The van der Waals surface area contributed by atoms with Crippen LogP contribution in [0.2, 0.25) is 0 Å². The van der Waals surface area contributed by atoms with Gasteiger partial charge in [0.25, 0.3) is 0 Å². The van der Waals surface area contributed by atoms with Crippen molar-refractivity contribution in [1.82, 2.24) is 0 Å². The number of nitrogens with two attached hydrogens (primary N) is 1. The molecule has 0 bridgehead atoms. The molecule has 3 N–H and O–H groups in total. The van der Waals surface area contributed by atoms with Crippen LogP contribution in [0.15, 0.2) is 11.4 Å². The van der Waals surface area contributed by atoms with E-state index in [1.165, 1.54) is 0 Å². The van der Waals surface area contributed by atoms with Crippen molar-refractivity contribution < 1.29 is 9.50 Å². The first-order valence-electron chi connectivity index (χ1n) is 5.32. The minimum absolute atomic E-state index is 0.0137. The van der Waals surface area contributed by atoms with Crippen LogP contribution in [0.5, 0.6) is 0 Å². The van der Waals surface area contributed by atoms with Gasteiger partial charge >= 0.3 is 0 Å². The molecular weight excluding hydrogens is 181 g/mol. The van der Waals surface area contributed by atoms with Crippen molar-refractivity contribution in [1.29, 1.82) is 0 Å². The van der Waals surface area contributed by atoms with E-state index in [0.717, 1.165) is 24.8 Å². The maximum Gasteiger partial charge on any atom is 0.116 e. The van der Waals surface area contributed by atoms with Crippen LogP contribution in [0.4, 0.5) is 4.39 Å². The lowest BCUT2D eigenvalue weighted by atomic mass is 9.96. The number of aliphatic hydroxyl groups excluding tert-OH is 1. The van der Waals surface area contributed by atoms with E-state index in [-0.39, 0.29) is 24.3 Å². The Balaban J connectivity index is 2.80. The van der Waals surface area contributed by atoms with Crippen molar-refractivity contribution in [3.05, 3.63) is 11.4 Å². The lowest BCUT2D eigenvalue weighted by Crippen LogP contribution is -2.28. The lowest BCUT2D eigenvalue weighted by Gasteiger charge is -2.18. The first-order chi connectivity index (χ1) is 6.57. The van der Waals surface area contributed by atoms with Crippen molar-refractivity contribution >= 4 is 0 Å². The first-order valence-corrected chi connectivity index (χ1v) is 5.32. The molecule has 0 unspecified atom stereocenters. The number of aliphatic hydroxyl groups is 1. The van der Waals surface area contributed by atoms with Gasteiger partial charge in [-0.25, -0.2) is 4.39 Å². The van der Waals surface area contributed by atoms with Gasteiger partial charge in [0.15, 0.2) is 0 Å². The van der Waals surface area contributed by atoms with E-state index in [9.17, 15) is 4.39 Å². The topological polar surface area (TPSA) is 46.2 Å². The van der Waals surface area contributed by atoms with Gasteiger partial charge in [0.1, 0.15) is 5.83 Å². The minimum atomic E-state index is -0.503. The molecule has 1 aliphatic rings. The summed E-state index contributed by atoms with van der Waals surface area (Å²) in [7, 11) is 0. The quantitative estimate of drug-likeness (QED) is 0.733. The fourth-order valence-corrected chi connectivity index (χ4v) is 1.94. The molecule has 0 spiro atoms. The molecule has 1 aliphatic carbocycles. The molecule has 1 saturated carbocycles. The molecule has 0 amide bonds. The van der Waals surface area contributed by atoms with Crippen molar-refractivity contribution in [2.24, 2.45) is 17.6 Å². The summed E-state index contributed by atoms with van der Waals surface area (Å²) in [6, 6.07) is -0.503. The standard InChI is InChI=1S/C11H20FNO/c1-7(2)11(13)10(12)9-5-3-4-8(9)6-14/h7-8,11,14H,3-6,13H2,1-2H3/b10-9-/t8-,11-/m0/s1. The monoisotopic (exact) mass is 201 g/mol. The average molecular weight is 201 g/mol. The second-order valence-corrected chi connectivity index (χ2v) is 4.41. The van der Waals surface area contributed by atoms with E-state index in [0.29, 0.717) is 0 Å². The number of hydrogen-bond donors (Lipinski definition) is 2. The van der Waals surface area contributed by atoms with Crippen LogP contribution in [-0.2, 0) is 0 Å². The molecule has 0 aromatic heterocycles. The molecule has 0 aromatic rings. The molecule has 82 valence electrons. The van der Waals surface area contributed by atoms with Crippen LogP contribution < -0.4 is 5.73 Å². The van der Waals surface area contributed by atoms with E-state index < -0.39 is 6.04 Å². The summed E-state index contributed by atoms with van der Waals surface area (Å²) in [5.74, 6) is -0.0567. The Hall–Kier alpha value is -0.410. The predicted molar refractivity (Wildman–Crippen MR) is 55.4 cm³/mol. The summed E-state index contributed by atoms with van der Waals surface area (Å²) in [5, 5.41) is 9.06. The SMILES string of the molecule is CC(C)[C@H](N)/C(F)=C1\CCC[C@H]1CO. The molecule has 0 heterocycles. The molecule has 1 fully saturated rings. The van der Waals surface area contributed by atoms with Crippen LogP contribution in [0.1, 0.15) is 33.1 Å². The second kappa shape index (κ2) is 4.89. The van der Waals surface area contributed by atoms with Gasteiger partial charge in [0.2, 0.25) is 0 Å². The minimum Gasteiger partial charge on any atom is -0.396 e. The smallest absolute Gasteiger partial charge is 0.116 e. The first kappa shape index (κ1) is 11.7. The summed E-state index contributed by atoms with van der Waals surface area (Å²) in [5.41, 5.74) is 6.50. The number of rotatable bonds is 3. The molecular formula is C11H20FNO. The van der Waals surface area contributed by atoms with Crippen LogP contribution in [-0.4, -0.2) is 17.8 Å². The van der Waals surface area contributed by atoms with Gasteiger partial charge in [-0.05, 0) is 30.8 Å². The zero-order chi connectivity index (χ0) is 10.7. The Morgan fingerprint density at radius 3 is 2.79 bits per heavy atom. The van der Waals surface area contributed by atoms with Gasteiger partial charge < -0.3 is 10.8 Å². The molecule has 0 radical (unpaired) electrons. The summed E-state index contributed by atoms with van der Waals surface area (Å²) in [6.07, 6.45) is 2.63. The van der Waals surface area contributed by atoms with Gasteiger partial charge in [0.05, 0.1) is 6.04 Å². The number of hydrogen-bond acceptors (Lipinski definition) is 2. The van der Waals surface area contributed by atoms with Crippen LogP contribution in [0.25, 0.3) is 0 Å². The summed E-state index contributed by atoms with van der Waals surface area (Å²) < 4.78 is 13.8. The van der Waals surface area contributed by atoms with Gasteiger partial charge in [-0.3, -0.25) is 0 Å². The fraction of sp³-hybridized carbons (Fsp3) is 0.818. The normalized spacial score (nSPS) is 28.3. The highest BCUT2D eigenvalue weighted by Crippen LogP contribution is 2.35. The van der Waals surface area contributed by atoms with Crippen LogP contribution in [0.3, 0.4) is 0 Å². The fourth-order valence-electron chi connectivity index (χ4n) is 1.94. The van der Waals surface area contributed by atoms with Crippen molar-refractivity contribution in [3.63, 3.8) is 0 Å². The zero-order valence-electron chi connectivity index (χ0n) is 8.96. The van der Waals surface area contributed by atoms with Crippen LogP contribution >= 0.6 is 0 Å². The lowest BCUT2D eigenvalue weighted by molar-refractivity contribution is 0.246. The largest absolute Gasteiger partial charge is 0.396 e. The van der Waals surface area contributed by atoms with Gasteiger partial charge in [-0.1, -0.05) is 13.8 Å². The Morgan fingerprint density at radius 2 is 2.29 bits per heavy atom. The highest BCUT2D eigenvalue weighted by molar-refractivity contribution is 5.19. The van der Waals surface area contributed by atoms with Gasteiger partial charge in [-0.2, -0.15) is 0 Å². The summed E-state index contributed by atoms with van der Waals surface area (Å²) in [6.45, 7) is 3.87. The molecule has 2 nitrogen and oxygen atoms in total. The van der Waals surface area contributed by atoms with E-state index in [2.05, 4.69) is 0 Å². The van der Waals surface area contributed by atoms with Gasteiger partial charge in [0, 0.05) is 12.5 Å². The maximum absolute atomic E-state index is 13.8. The average Bonchev–Trinajstić information content (AvgIpc) is 2.62. The molecule has 0 saturated heterocycles. The van der Waals surface area contributed by atoms with E-state index in [4.69, 9.17) is 10.8 Å². The highest BCUT2D eigenvalue weighted by atomic mass is 19.1. The molecule has 1 rings (SSSR count). The molecule has 0 aliphatic heterocycles. The molecule has 14 heavy (non-hydrogen) atoms. The third kappa shape index (κ3) is 2.34. The van der Waals surface area contributed by atoms with Crippen molar-refractivity contribution in [2.45, 2.75) is 39.2 Å². The molecule has 2 atom stereocenters. The zero-order valence-corrected chi connectivity index (χ0v) is 8.96. The van der Waals surface area contributed by atoms with Crippen molar-refractivity contribution in [2.75, 3.05) is 6.61 Å². The predicted octanol–water partition coefficient (Wildman–Crippen LogP) is 1.99. The summed E-state index contributed by atoms with van der Waals surface area (Å²) in [4.78, 5) is 0. The molecule has 0 aromatic carbocycles. The van der Waals surface area contributed by atoms with Crippen LogP contribution in [0, 0.1) is 11.8 Å². The van der Waals surface area contributed by atoms with Gasteiger partial charge in [-0.15, -0.1) is 0 Å². The number of halogens is 1. The molecule has 3 heteroatoms. The maximum atomic E-state index is 13.8. The van der Waals surface area contributed by atoms with Crippen molar-refractivity contribution in [3.8, 4) is 0 Å². The Kier molecular flexibility index (Phi) is 4.08. The van der Waals surface area contributed by atoms with E-state index in [1.54, 1.807) is 0 Å². The Labute approximate surface area is 85.0 Å². The van der Waals surface area contributed by atoms with E-state index >= 15 is 0 Å². The second-order valence-electron chi connectivity index (χ2n) is 4.41. The Bertz CT molecular complexity index is 225. The third-order valence-corrected chi connectivity index (χ3v) is 3.03.